The molecule has 1 aliphatic heterocycles. The summed E-state index contributed by atoms with van der Waals surface area (Å²) < 4.78 is 31.0. The number of hydrogen-bond donors (Lipinski definition) is 1. The van der Waals surface area contributed by atoms with E-state index >= 15 is 0 Å². The zero-order valence-corrected chi connectivity index (χ0v) is 16.0. The van der Waals surface area contributed by atoms with Gasteiger partial charge in [0, 0.05) is 24.8 Å². The van der Waals surface area contributed by atoms with E-state index in [2.05, 4.69) is 4.98 Å². The maximum Gasteiger partial charge on any atom is 0.340 e. The molecule has 28 heavy (non-hydrogen) atoms. The number of carbonyl (C=O) groups is 1. The highest BCUT2D eigenvalue weighted by Crippen LogP contribution is 2.32. The third-order valence-corrected chi connectivity index (χ3v) is 5.95. The Morgan fingerprint density at radius 3 is 2.39 bits per heavy atom. The largest absolute Gasteiger partial charge is 0.378 e. The van der Waals surface area contributed by atoms with Crippen LogP contribution < -0.4 is 4.18 Å². The van der Waals surface area contributed by atoms with Crippen LogP contribution in [-0.2, 0) is 10.1 Å². The average Bonchev–Trinajstić information content (AvgIpc) is 3.41. The number of aromatic amines is 1. The molecule has 144 valence electrons. The van der Waals surface area contributed by atoms with Crippen molar-refractivity contribution in [2.24, 2.45) is 0 Å². The summed E-state index contributed by atoms with van der Waals surface area (Å²) in [5, 5.41) is 0. The van der Waals surface area contributed by atoms with Gasteiger partial charge in [0.15, 0.2) is 5.75 Å². The minimum absolute atomic E-state index is 0.0714. The highest BCUT2D eigenvalue weighted by molar-refractivity contribution is 7.87. The van der Waals surface area contributed by atoms with Crippen LogP contribution in [0.2, 0.25) is 0 Å². The summed E-state index contributed by atoms with van der Waals surface area (Å²) in [4.78, 5) is 16.9. The van der Waals surface area contributed by atoms with Gasteiger partial charge in [-0.1, -0.05) is 48.5 Å². The molecule has 2 aromatic carbocycles. The minimum atomic E-state index is -4.08. The van der Waals surface area contributed by atoms with Crippen molar-refractivity contribution in [1.29, 1.82) is 0 Å². The van der Waals surface area contributed by atoms with Crippen molar-refractivity contribution in [3.8, 4) is 16.9 Å². The minimum Gasteiger partial charge on any atom is -0.378 e. The molecule has 1 N–H and O–H groups in total. The molecule has 0 radical (unpaired) electrons. The molecule has 1 amide bonds. The number of nitrogens with one attached hydrogen (secondary N) is 1. The van der Waals surface area contributed by atoms with Gasteiger partial charge in [-0.25, -0.2) is 0 Å². The van der Waals surface area contributed by atoms with Crippen molar-refractivity contribution in [3.63, 3.8) is 0 Å². The first-order valence-electron chi connectivity index (χ1n) is 9.11. The van der Waals surface area contributed by atoms with Gasteiger partial charge in [-0.2, -0.15) is 8.42 Å². The second kappa shape index (κ2) is 7.52. The lowest BCUT2D eigenvalue weighted by molar-refractivity contribution is 0.0787. The average molecular weight is 396 g/mol. The molecule has 0 spiro atoms. The molecule has 6 nitrogen and oxygen atoms in total. The SMILES string of the molecule is O=C(c1cc(S(=O)(=O)Oc2ccccc2-c2ccccc2)c[nH]1)N1CCCC1. The summed E-state index contributed by atoms with van der Waals surface area (Å²) in [7, 11) is -4.08. The van der Waals surface area contributed by atoms with Crippen molar-refractivity contribution in [2.75, 3.05) is 13.1 Å². The number of hydrogen-bond acceptors (Lipinski definition) is 4. The van der Waals surface area contributed by atoms with Crippen molar-refractivity contribution >= 4 is 16.0 Å². The van der Waals surface area contributed by atoms with Crippen LogP contribution in [0.3, 0.4) is 0 Å². The van der Waals surface area contributed by atoms with Crippen LogP contribution >= 0.6 is 0 Å². The number of rotatable bonds is 5. The van der Waals surface area contributed by atoms with Crippen molar-refractivity contribution in [1.82, 2.24) is 9.88 Å². The Labute approximate surface area is 163 Å². The number of para-hydroxylation sites is 1. The lowest BCUT2D eigenvalue weighted by atomic mass is 10.1. The molecule has 0 unspecified atom stereocenters. The van der Waals surface area contributed by atoms with E-state index in [1.54, 1.807) is 23.1 Å². The summed E-state index contributed by atoms with van der Waals surface area (Å²) in [6.45, 7) is 1.39. The topological polar surface area (TPSA) is 79.5 Å². The maximum absolute atomic E-state index is 12.8. The predicted octanol–water partition coefficient (Wildman–Crippen LogP) is 3.69. The summed E-state index contributed by atoms with van der Waals surface area (Å²) in [6.07, 6.45) is 3.23. The molecule has 4 rings (SSSR count). The van der Waals surface area contributed by atoms with E-state index in [9.17, 15) is 13.2 Å². The van der Waals surface area contributed by atoms with E-state index in [0.29, 0.717) is 18.7 Å². The monoisotopic (exact) mass is 396 g/mol. The third kappa shape index (κ3) is 3.66. The number of amides is 1. The van der Waals surface area contributed by atoms with E-state index in [0.717, 1.165) is 18.4 Å². The Morgan fingerprint density at radius 2 is 1.64 bits per heavy atom. The van der Waals surface area contributed by atoms with Crippen LogP contribution in [0.15, 0.2) is 71.8 Å². The van der Waals surface area contributed by atoms with Gasteiger partial charge in [0.25, 0.3) is 5.91 Å². The van der Waals surface area contributed by atoms with E-state index in [1.807, 2.05) is 36.4 Å². The molecule has 0 atom stereocenters. The first kappa shape index (κ1) is 18.3. The summed E-state index contributed by atoms with van der Waals surface area (Å²) in [5.41, 5.74) is 1.78. The number of aromatic nitrogens is 1. The summed E-state index contributed by atoms with van der Waals surface area (Å²) in [5.74, 6) is 0.0472. The highest BCUT2D eigenvalue weighted by Gasteiger charge is 2.25. The van der Waals surface area contributed by atoms with E-state index in [4.69, 9.17) is 4.18 Å². The number of benzene rings is 2. The second-order valence-electron chi connectivity index (χ2n) is 6.65. The van der Waals surface area contributed by atoms with E-state index < -0.39 is 10.1 Å². The van der Waals surface area contributed by atoms with Crippen LogP contribution in [0.4, 0.5) is 0 Å². The Kier molecular flexibility index (Phi) is 4.92. The Hall–Kier alpha value is -3.06. The number of carbonyl (C=O) groups excluding carboxylic acids is 1. The normalized spacial score (nSPS) is 14.2. The molecule has 0 saturated carbocycles. The molecular weight excluding hydrogens is 376 g/mol. The molecule has 3 aromatic rings. The summed E-state index contributed by atoms with van der Waals surface area (Å²) >= 11 is 0. The second-order valence-corrected chi connectivity index (χ2v) is 8.19. The molecule has 1 aliphatic rings. The number of likely N-dealkylation sites (tertiary alicyclic amines) is 1. The van der Waals surface area contributed by atoms with Gasteiger partial charge in [-0.05, 0) is 30.5 Å². The van der Waals surface area contributed by atoms with Crippen LogP contribution in [-0.4, -0.2) is 37.3 Å². The zero-order chi connectivity index (χ0) is 19.6. The van der Waals surface area contributed by atoms with E-state index in [-0.39, 0.29) is 22.2 Å². The third-order valence-electron chi connectivity index (χ3n) is 4.74. The van der Waals surface area contributed by atoms with Crippen LogP contribution in [0.25, 0.3) is 11.1 Å². The van der Waals surface area contributed by atoms with Gasteiger partial charge >= 0.3 is 10.1 Å². The fraction of sp³-hybridized carbons (Fsp3) is 0.190. The fourth-order valence-electron chi connectivity index (χ4n) is 3.29. The molecule has 1 fully saturated rings. The number of nitrogens with zero attached hydrogens (tertiary/aromatic N) is 1. The highest BCUT2D eigenvalue weighted by atomic mass is 32.2. The first-order chi connectivity index (χ1) is 13.5. The van der Waals surface area contributed by atoms with Gasteiger partial charge in [0.1, 0.15) is 10.6 Å². The van der Waals surface area contributed by atoms with Crippen molar-refractivity contribution < 1.29 is 17.4 Å². The first-order valence-corrected chi connectivity index (χ1v) is 10.5. The van der Waals surface area contributed by atoms with Crippen LogP contribution in [0.1, 0.15) is 23.3 Å². The van der Waals surface area contributed by atoms with Crippen molar-refractivity contribution in [3.05, 3.63) is 72.6 Å². The molecule has 2 heterocycles. The van der Waals surface area contributed by atoms with Gasteiger partial charge in [-0.15, -0.1) is 0 Å². The predicted molar refractivity (Wildman–Crippen MR) is 106 cm³/mol. The summed E-state index contributed by atoms with van der Waals surface area (Å²) in [6, 6.07) is 17.7. The molecule has 7 heteroatoms. The quantitative estimate of drug-likeness (QED) is 0.667. The Bertz CT molecular complexity index is 1080. The maximum atomic E-state index is 12.8. The molecule has 0 bridgehead atoms. The Balaban J connectivity index is 1.60. The molecule has 1 aromatic heterocycles. The number of H-pyrrole nitrogens is 1. The van der Waals surface area contributed by atoms with Crippen LogP contribution in [0, 0.1) is 0 Å². The van der Waals surface area contributed by atoms with Gasteiger partial charge in [-0.3, -0.25) is 4.79 Å². The van der Waals surface area contributed by atoms with Gasteiger partial charge in [0.05, 0.1) is 0 Å². The molecule has 0 aliphatic carbocycles. The smallest absolute Gasteiger partial charge is 0.340 e. The Morgan fingerprint density at radius 1 is 0.964 bits per heavy atom. The molecular formula is C21H20N2O4S. The van der Waals surface area contributed by atoms with Crippen molar-refractivity contribution in [2.45, 2.75) is 17.7 Å². The molecule has 1 saturated heterocycles. The van der Waals surface area contributed by atoms with Gasteiger partial charge < -0.3 is 14.1 Å². The fourth-order valence-corrected chi connectivity index (χ4v) is 4.24. The van der Waals surface area contributed by atoms with Crippen LogP contribution in [0.5, 0.6) is 5.75 Å². The zero-order valence-electron chi connectivity index (χ0n) is 15.2. The van der Waals surface area contributed by atoms with E-state index in [1.165, 1.54) is 12.3 Å². The standard InChI is InChI=1S/C21H20N2O4S/c24-21(23-12-6-7-13-23)19-14-17(15-22-19)28(25,26)27-20-11-5-4-10-18(20)16-8-2-1-3-9-16/h1-5,8-11,14-15,22H,6-7,12-13H2. The lowest BCUT2D eigenvalue weighted by Gasteiger charge is -2.13. The van der Waals surface area contributed by atoms with Gasteiger partial charge in [0.2, 0.25) is 0 Å². The lowest BCUT2D eigenvalue weighted by Crippen LogP contribution is -2.27.